The Balaban J connectivity index is 1.58. The number of hydrogen-bond donors (Lipinski definition) is 2. The number of fused-ring (bicyclic) bond motifs is 2. The zero-order valence-electron chi connectivity index (χ0n) is 13.4. The Morgan fingerprint density at radius 3 is 2.83 bits per heavy atom. The molecular formula is C20H19N3O. The van der Waals surface area contributed by atoms with Crippen molar-refractivity contribution in [2.24, 2.45) is 0 Å². The van der Waals surface area contributed by atoms with E-state index >= 15 is 0 Å². The summed E-state index contributed by atoms with van der Waals surface area (Å²) in [4.78, 5) is 20.1. The topological polar surface area (TPSA) is 57.8 Å². The van der Waals surface area contributed by atoms with E-state index in [1.165, 1.54) is 25.0 Å². The number of hydrogen-bond acceptors (Lipinski definition) is 2. The van der Waals surface area contributed by atoms with Crippen molar-refractivity contribution in [3.8, 4) is 11.1 Å². The van der Waals surface area contributed by atoms with E-state index in [2.05, 4.69) is 28.5 Å². The van der Waals surface area contributed by atoms with Gasteiger partial charge in [0.1, 0.15) is 5.65 Å². The highest BCUT2D eigenvalue weighted by atomic mass is 16.1. The lowest BCUT2D eigenvalue weighted by molar-refractivity contribution is 0.0946. The van der Waals surface area contributed by atoms with Gasteiger partial charge in [-0.25, -0.2) is 4.98 Å². The summed E-state index contributed by atoms with van der Waals surface area (Å²) in [6.45, 7) is 0.718. The first kappa shape index (κ1) is 13.8. The number of carbonyl (C=O) groups is 1. The third-order valence-corrected chi connectivity index (χ3v) is 5.42. The second kappa shape index (κ2) is 5.20. The summed E-state index contributed by atoms with van der Waals surface area (Å²) < 4.78 is 0. The van der Waals surface area contributed by atoms with E-state index < -0.39 is 0 Å². The van der Waals surface area contributed by atoms with E-state index in [0.717, 1.165) is 46.3 Å². The maximum atomic E-state index is 11.9. The largest absolute Gasteiger partial charge is 0.352 e. The standard InChI is InChI=1S/C20H19N3O/c24-20-15-5-4-13(10-14(15)8-9-21-20)17-11-22-19-16(17)6-7-18(23-19)12-2-1-3-12/h4-7,10-12H,1-3,8-9H2,(H,21,24)(H,22,23). The van der Waals surface area contributed by atoms with Crippen LogP contribution in [0.5, 0.6) is 0 Å². The van der Waals surface area contributed by atoms with Gasteiger partial charge >= 0.3 is 0 Å². The van der Waals surface area contributed by atoms with Gasteiger partial charge in [0, 0.05) is 40.9 Å². The fraction of sp³-hybridized carbons (Fsp3) is 0.300. The van der Waals surface area contributed by atoms with Crippen LogP contribution in [-0.4, -0.2) is 22.4 Å². The summed E-state index contributed by atoms with van der Waals surface area (Å²) in [5, 5.41) is 4.05. The number of pyridine rings is 1. The number of carbonyl (C=O) groups excluding carboxylic acids is 1. The minimum atomic E-state index is 0.0357. The molecule has 3 heterocycles. The summed E-state index contributed by atoms with van der Waals surface area (Å²) in [6.07, 6.45) is 6.77. The van der Waals surface area contributed by atoms with Crippen LogP contribution in [0.15, 0.2) is 36.5 Å². The Bertz CT molecular complexity index is 953. The monoisotopic (exact) mass is 317 g/mol. The molecule has 120 valence electrons. The number of H-pyrrole nitrogens is 1. The van der Waals surface area contributed by atoms with E-state index in [1.54, 1.807) is 0 Å². The molecule has 0 bridgehead atoms. The van der Waals surface area contributed by atoms with Crippen LogP contribution in [0.25, 0.3) is 22.2 Å². The molecule has 1 saturated carbocycles. The highest BCUT2D eigenvalue weighted by Crippen LogP contribution is 2.37. The number of benzene rings is 1. The minimum Gasteiger partial charge on any atom is -0.352 e. The molecule has 5 rings (SSSR count). The van der Waals surface area contributed by atoms with Gasteiger partial charge in [-0.3, -0.25) is 4.79 Å². The Kier molecular flexibility index (Phi) is 2.98. The fourth-order valence-corrected chi connectivity index (χ4v) is 3.79. The molecule has 1 aliphatic heterocycles. The maximum absolute atomic E-state index is 11.9. The Hall–Kier alpha value is -2.62. The zero-order chi connectivity index (χ0) is 16.1. The first-order chi connectivity index (χ1) is 11.8. The number of nitrogens with zero attached hydrogens (tertiary/aromatic N) is 1. The first-order valence-corrected chi connectivity index (χ1v) is 8.69. The number of amides is 1. The Morgan fingerprint density at radius 2 is 2.00 bits per heavy atom. The summed E-state index contributed by atoms with van der Waals surface area (Å²) in [7, 11) is 0. The molecule has 1 amide bonds. The second-order valence-corrected chi connectivity index (χ2v) is 6.84. The molecule has 2 aliphatic rings. The summed E-state index contributed by atoms with van der Waals surface area (Å²) in [5.41, 5.74) is 6.41. The average molecular weight is 317 g/mol. The molecule has 2 N–H and O–H groups in total. The molecule has 4 nitrogen and oxygen atoms in total. The van der Waals surface area contributed by atoms with Crippen molar-refractivity contribution in [1.29, 1.82) is 0 Å². The van der Waals surface area contributed by atoms with Crippen LogP contribution in [0.1, 0.15) is 46.8 Å². The molecule has 0 spiro atoms. The van der Waals surface area contributed by atoms with Crippen molar-refractivity contribution in [2.75, 3.05) is 6.54 Å². The van der Waals surface area contributed by atoms with Crippen molar-refractivity contribution < 1.29 is 4.79 Å². The lowest BCUT2D eigenvalue weighted by atomic mass is 9.82. The maximum Gasteiger partial charge on any atom is 0.251 e. The molecule has 0 atom stereocenters. The molecule has 0 radical (unpaired) electrons. The zero-order valence-corrected chi connectivity index (χ0v) is 13.4. The molecular weight excluding hydrogens is 298 g/mol. The van der Waals surface area contributed by atoms with Gasteiger partial charge in [-0.15, -0.1) is 0 Å². The summed E-state index contributed by atoms with van der Waals surface area (Å²) in [5.74, 6) is 0.678. The van der Waals surface area contributed by atoms with Crippen molar-refractivity contribution in [2.45, 2.75) is 31.6 Å². The lowest BCUT2D eigenvalue weighted by Crippen LogP contribution is -2.31. The van der Waals surface area contributed by atoms with Gasteiger partial charge in [0.25, 0.3) is 5.91 Å². The third-order valence-electron chi connectivity index (χ3n) is 5.42. The predicted molar refractivity (Wildman–Crippen MR) is 94.2 cm³/mol. The van der Waals surface area contributed by atoms with Gasteiger partial charge < -0.3 is 10.3 Å². The van der Waals surface area contributed by atoms with Crippen LogP contribution >= 0.6 is 0 Å². The fourth-order valence-electron chi connectivity index (χ4n) is 3.79. The normalized spacial score (nSPS) is 17.4. The summed E-state index contributed by atoms with van der Waals surface area (Å²) in [6, 6.07) is 10.5. The van der Waals surface area contributed by atoms with Crippen LogP contribution in [-0.2, 0) is 6.42 Å². The molecule has 2 aromatic heterocycles. The van der Waals surface area contributed by atoms with Gasteiger partial charge in [0.05, 0.1) is 0 Å². The number of aromatic nitrogens is 2. The molecule has 3 aromatic rings. The van der Waals surface area contributed by atoms with Gasteiger partial charge in [-0.05, 0) is 48.6 Å². The van der Waals surface area contributed by atoms with E-state index in [-0.39, 0.29) is 5.91 Å². The van der Waals surface area contributed by atoms with Crippen LogP contribution < -0.4 is 5.32 Å². The van der Waals surface area contributed by atoms with Crippen molar-refractivity contribution in [3.05, 3.63) is 53.3 Å². The van der Waals surface area contributed by atoms with E-state index in [1.807, 2.05) is 18.3 Å². The number of nitrogens with one attached hydrogen (secondary N) is 2. The second-order valence-electron chi connectivity index (χ2n) is 6.84. The van der Waals surface area contributed by atoms with Gasteiger partial charge in [0.15, 0.2) is 0 Å². The quantitative estimate of drug-likeness (QED) is 0.755. The summed E-state index contributed by atoms with van der Waals surface area (Å²) >= 11 is 0. The predicted octanol–water partition coefficient (Wildman–Crippen LogP) is 3.78. The molecule has 24 heavy (non-hydrogen) atoms. The van der Waals surface area contributed by atoms with Crippen molar-refractivity contribution in [3.63, 3.8) is 0 Å². The van der Waals surface area contributed by atoms with E-state index in [4.69, 9.17) is 4.98 Å². The van der Waals surface area contributed by atoms with Gasteiger partial charge in [-0.2, -0.15) is 0 Å². The smallest absolute Gasteiger partial charge is 0.251 e. The first-order valence-electron chi connectivity index (χ1n) is 8.69. The molecule has 1 aromatic carbocycles. The number of rotatable bonds is 2. The van der Waals surface area contributed by atoms with Crippen molar-refractivity contribution >= 4 is 16.9 Å². The lowest BCUT2D eigenvalue weighted by Gasteiger charge is -2.24. The van der Waals surface area contributed by atoms with Crippen LogP contribution in [0.4, 0.5) is 0 Å². The van der Waals surface area contributed by atoms with E-state index in [0.29, 0.717) is 5.92 Å². The van der Waals surface area contributed by atoms with Gasteiger partial charge in [0.2, 0.25) is 0 Å². The highest BCUT2D eigenvalue weighted by molar-refractivity contribution is 5.99. The Labute approximate surface area is 140 Å². The van der Waals surface area contributed by atoms with Crippen LogP contribution in [0.3, 0.4) is 0 Å². The molecule has 4 heteroatoms. The molecule has 1 aliphatic carbocycles. The molecule has 0 unspecified atom stereocenters. The molecule has 0 saturated heterocycles. The Morgan fingerprint density at radius 1 is 1.08 bits per heavy atom. The van der Waals surface area contributed by atoms with Gasteiger partial charge in [-0.1, -0.05) is 18.6 Å². The third kappa shape index (κ3) is 2.06. The molecule has 1 fully saturated rings. The number of aromatic amines is 1. The van der Waals surface area contributed by atoms with Crippen molar-refractivity contribution in [1.82, 2.24) is 15.3 Å². The highest BCUT2D eigenvalue weighted by Gasteiger charge is 2.22. The SMILES string of the molecule is O=C1NCCc2cc(-c3c[nH]c4nc(C5CCC5)ccc34)ccc21. The average Bonchev–Trinajstić information content (AvgIpc) is 2.96. The van der Waals surface area contributed by atoms with E-state index in [9.17, 15) is 4.79 Å². The van der Waals surface area contributed by atoms with Crippen LogP contribution in [0, 0.1) is 0 Å². The minimum absolute atomic E-state index is 0.0357. The van der Waals surface area contributed by atoms with Crippen LogP contribution in [0.2, 0.25) is 0 Å².